The van der Waals surface area contributed by atoms with Crippen molar-refractivity contribution in [1.82, 2.24) is 0 Å². The maximum Gasteiger partial charge on any atom is 0.291 e. The lowest BCUT2D eigenvalue weighted by molar-refractivity contribution is 0.0996. The Morgan fingerprint density at radius 2 is 1.84 bits per heavy atom. The number of benzene rings is 2. The highest BCUT2D eigenvalue weighted by atomic mass is 32.2. The minimum atomic E-state index is -0.276. The first kappa shape index (κ1) is 16.9. The summed E-state index contributed by atoms with van der Waals surface area (Å²) >= 11 is 1.65. The molecule has 0 aliphatic heterocycles. The predicted octanol–water partition coefficient (Wildman–Crippen LogP) is 4.89. The van der Waals surface area contributed by atoms with Crippen LogP contribution in [0.3, 0.4) is 0 Å². The SMILES string of the molecule is N#CCc1ccc(NC(=O)c2occc2CSc2ccccc2)cc1. The average Bonchev–Trinajstić information content (AvgIpc) is 3.11. The van der Waals surface area contributed by atoms with Crippen LogP contribution in [0.15, 0.2) is 76.2 Å². The summed E-state index contributed by atoms with van der Waals surface area (Å²) in [4.78, 5) is 13.6. The van der Waals surface area contributed by atoms with E-state index in [1.165, 1.54) is 6.26 Å². The summed E-state index contributed by atoms with van der Waals surface area (Å²) in [6.07, 6.45) is 1.89. The van der Waals surface area contributed by atoms with Gasteiger partial charge >= 0.3 is 0 Å². The van der Waals surface area contributed by atoms with E-state index >= 15 is 0 Å². The molecule has 0 bridgehead atoms. The molecule has 5 heteroatoms. The van der Waals surface area contributed by atoms with E-state index in [4.69, 9.17) is 9.68 Å². The molecule has 0 unspecified atom stereocenters. The molecule has 0 aliphatic rings. The van der Waals surface area contributed by atoms with Gasteiger partial charge in [-0.2, -0.15) is 5.26 Å². The molecular weight excluding hydrogens is 332 g/mol. The van der Waals surface area contributed by atoms with Gasteiger partial charge in [0.05, 0.1) is 18.8 Å². The maximum absolute atomic E-state index is 12.5. The molecule has 0 atom stereocenters. The minimum Gasteiger partial charge on any atom is -0.459 e. The Kier molecular flexibility index (Phi) is 5.55. The van der Waals surface area contributed by atoms with E-state index in [1.54, 1.807) is 23.9 Å². The number of thioether (sulfide) groups is 1. The van der Waals surface area contributed by atoms with Gasteiger partial charge in [0.15, 0.2) is 5.76 Å². The Hall–Kier alpha value is -2.97. The summed E-state index contributed by atoms with van der Waals surface area (Å²) in [5.74, 6) is 0.705. The van der Waals surface area contributed by atoms with Crippen LogP contribution >= 0.6 is 11.8 Å². The standard InChI is InChI=1S/C20H16N2O2S/c21-12-10-15-6-8-17(9-7-15)22-20(23)19-16(11-13-24-19)14-25-18-4-2-1-3-5-18/h1-9,11,13H,10,14H2,(H,22,23). The van der Waals surface area contributed by atoms with Gasteiger partial charge < -0.3 is 9.73 Å². The fraction of sp³-hybridized carbons (Fsp3) is 0.100. The molecule has 1 N–H and O–H groups in total. The second-order valence-electron chi connectivity index (χ2n) is 5.36. The Bertz CT molecular complexity index is 880. The van der Waals surface area contributed by atoms with Gasteiger partial charge in [-0.3, -0.25) is 4.79 Å². The number of nitrogens with zero attached hydrogens (tertiary/aromatic N) is 1. The number of nitrogens with one attached hydrogen (secondary N) is 1. The molecule has 1 amide bonds. The smallest absolute Gasteiger partial charge is 0.291 e. The summed E-state index contributed by atoms with van der Waals surface area (Å²) in [5, 5.41) is 11.5. The van der Waals surface area contributed by atoms with Crippen LogP contribution in [0.4, 0.5) is 5.69 Å². The van der Waals surface area contributed by atoms with Crippen LogP contribution in [0, 0.1) is 11.3 Å². The molecular formula is C20H16N2O2S. The van der Waals surface area contributed by atoms with E-state index in [0.717, 1.165) is 16.0 Å². The fourth-order valence-electron chi connectivity index (χ4n) is 2.31. The lowest BCUT2D eigenvalue weighted by Gasteiger charge is -2.06. The summed E-state index contributed by atoms with van der Waals surface area (Å²) < 4.78 is 5.38. The normalized spacial score (nSPS) is 10.2. The molecule has 3 rings (SSSR count). The molecule has 2 aromatic carbocycles. The van der Waals surface area contributed by atoms with Crippen LogP contribution in [0.2, 0.25) is 0 Å². The average molecular weight is 348 g/mol. The quantitative estimate of drug-likeness (QED) is 0.644. The van der Waals surface area contributed by atoms with E-state index in [2.05, 4.69) is 11.4 Å². The first-order valence-corrected chi connectivity index (χ1v) is 8.76. The monoisotopic (exact) mass is 348 g/mol. The van der Waals surface area contributed by atoms with Crippen LogP contribution in [-0.2, 0) is 12.2 Å². The van der Waals surface area contributed by atoms with E-state index in [0.29, 0.717) is 23.6 Å². The highest BCUT2D eigenvalue weighted by Gasteiger charge is 2.15. The Morgan fingerprint density at radius 3 is 2.56 bits per heavy atom. The number of hydrogen-bond acceptors (Lipinski definition) is 4. The third-order valence-corrected chi connectivity index (χ3v) is 4.65. The number of amides is 1. The number of hydrogen-bond donors (Lipinski definition) is 1. The van der Waals surface area contributed by atoms with Gasteiger partial charge in [-0.15, -0.1) is 11.8 Å². The van der Waals surface area contributed by atoms with E-state index in [-0.39, 0.29) is 5.91 Å². The fourth-order valence-corrected chi connectivity index (χ4v) is 3.21. The van der Waals surface area contributed by atoms with Crippen molar-refractivity contribution in [2.45, 2.75) is 17.1 Å². The lowest BCUT2D eigenvalue weighted by atomic mass is 10.1. The first-order valence-electron chi connectivity index (χ1n) is 7.78. The first-order chi connectivity index (χ1) is 12.3. The molecule has 25 heavy (non-hydrogen) atoms. The Morgan fingerprint density at radius 1 is 1.08 bits per heavy atom. The second-order valence-corrected chi connectivity index (χ2v) is 6.41. The van der Waals surface area contributed by atoms with Gasteiger partial charge in [0.1, 0.15) is 0 Å². The zero-order valence-corrected chi connectivity index (χ0v) is 14.3. The molecule has 3 aromatic rings. The zero-order chi connectivity index (χ0) is 17.5. The third kappa shape index (κ3) is 4.52. The van der Waals surface area contributed by atoms with E-state index < -0.39 is 0 Å². The van der Waals surface area contributed by atoms with Crippen molar-refractivity contribution in [3.8, 4) is 6.07 Å². The van der Waals surface area contributed by atoms with Crippen LogP contribution in [0.1, 0.15) is 21.7 Å². The van der Waals surface area contributed by atoms with Gasteiger partial charge in [-0.1, -0.05) is 30.3 Å². The van der Waals surface area contributed by atoms with Crippen molar-refractivity contribution in [2.75, 3.05) is 5.32 Å². The zero-order valence-electron chi connectivity index (χ0n) is 13.4. The highest BCUT2D eigenvalue weighted by molar-refractivity contribution is 7.98. The van der Waals surface area contributed by atoms with E-state index in [9.17, 15) is 4.79 Å². The van der Waals surface area contributed by atoms with Crippen LogP contribution in [0.25, 0.3) is 0 Å². The maximum atomic E-state index is 12.5. The number of rotatable bonds is 6. The number of carbonyl (C=O) groups is 1. The molecule has 0 spiro atoms. The molecule has 0 radical (unpaired) electrons. The van der Waals surface area contributed by atoms with Crippen molar-refractivity contribution in [1.29, 1.82) is 5.26 Å². The van der Waals surface area contributed by atoms with Crippen LogP contribution < -0.4 is 5.32 Å². The van der Waals surface area contributed by atoms with E-state index in [1.807, 2.05) is 48.5 Å². The summed E-state index contributed by atoms with van der Waals surface area (Å²) in [7, 11) is 0. The van der Waals surface area contributed by atoms with Crippen molar-refractivity contribution < 1.29 is 9.21 Å². The molecule has 0 fully saturated rings. The lowest BCUT2D eigenvalue weighted by Crippen LogP contribution is -2.12. The van der Waals surface area contributed by atoms with Crippen LogP contribution in [0.5, 0.6) is 0 Å². The second kappa shape index (κ2) is 8.22. The summed E-state index contributed by atoms with van der Waals surface area (Å²) in [5.41, 5.74) is 2.44. The number of carbonyl (C=O) groups excluding carboxylic acids is 1. The van der Waals surface area contributed by atoms with Gasteiger partial charge in [0.25, 0.3) is 5.91 Å². The highest BCUT2D eigenvalue weighted by Crippen LogP contribution is 2.25. The van der Waals surface area contributed by atoms with Gasteiger partial charge in [0, 0.05) is 21.9 Å². The van der Waals surface area contributed by atoms with Crippen molar-refractivity contribution >= 4 is 23.4 Å². The van der Waals surface area contributed by atoms with Crippen LogP contribution in [-0.4, -0.2) is 5.91 Å². The van der Waals surface area contributed by atoms with Crippen molar-refractivity contribution in [3.05, 3.63) is 83.8 Å². The molecule has 0 aliphatic carbocycles. The topological polar surface area (TPSA) is 66.0 Å². The minimum absolute atomic E-state index is 0.276. The molecule has 124 valence electrons. The molecule has 1 heterocycles. The van der Waals surface area contributed by atoms with Gasteiger partial charge in [0.2, 0.25) is 0 Å². The Labute approximate surface area is 150 Å². The third-order valence-electron chi connectivity index (χ3n) is 3.59. The summed E-state index contributed by atoms with van der Waals surface area (Å²) in [6, 6.07) is 21.2. The molecule has 1 aromatic heterocycles. The summed E-state index contributed by atoms with van der Waals surface area (Å²) in [6.45, 7) is 0. The largest absolute Gasteiger partial charge is 0.459 e. The number of nitriles is 1. The Balaban J connectivity index is 1.65. The van der Waals surface area contributed by atoms with Crippen molar-refractivity contribution in [2.24, 2.45) is 0 Å². The molecule has 0 saturated heterocycles. The van der Waals surface area contributed by atoms with Crippen molar-refractivity contribution in [3.63, 3.8) is 0 Å². The van der Waals surface area contributed by atoms with Gasteiger partial charge in [-0.05, 0) is 35.9 Å². The predicted molar refractivity (Wildman–Crippen MR) is 98.4 cm³/mol. The number of furan rings is 1. The molecule has 4 nitrogen and oxygen atoms in total. The van der Waals surface area contributed by atoms with Gasteiger partial charge in [-0.25, -0.2) is 0 Å². The number of anilines is 1. The molecule has 0 saturated carbocycles.